The van der Waals surface area contributed by atoms with E-state index in [1.807, 2.05) is 18.2 Å². The standard InChI is InChI=1S/C18H21BrN2O3S/c1-3-25-16-6-7-18(16,23)10-20-14-9-15(17(22)24-2)21-13-5-4-11(19)8-12(13)14/h4-5,8-9,16,23H,3,6-7,10H2,1-2H3,(H,20,21). The first-order valence-electron chi connectivity index (χ1n) is 8.23. The van der Waals surface area contributed by atoms with Gasteiger partial charge in [0.2, 0.25) is 0 Å². The Morgan fingerprint density at radius 3 is 2.96 bits per heavy atom. The molecule has 0 saturated heterocycles. The lowest BCUT2D eigenvalue weighted by molar-refractivity contribution is -0.0119. The number of anilines is 1. The maximum absolute atomic E-state index is 11.9. The number of hydrogen-bond acceptors (Lipinski definition) is 6. The number of nitrogens with zero attached hydrogens (tertiary/aromatic N) is 1. The fourth-order valence-corrected chi connectivity index (χ4v) is 4.60. The lowest BCUT2D eigenvalue weighted by Crippen LogP contribution is -2.54. The minimum absolute atomic E-state index is 0.250. The third-order valence-corrected chi connectivity index (χ3v) is 6.46. The first-order valence-corrected chi connectivity index (χ1v) is 10.1. The van der Waals surface area contributed by atoms with Gasteiger partial charge in [-0.2, -0.15) is 11.8 Å². The SMILES string of the molecule is CCSC1CCC1(O)CNc1cc(C(=O)OC)nc2ccc(Br)cc12. The van der Waals surface area contributed by atoms with Crippen LogP contribution in [0, 0.1) is 0 Å². The Bertz CT molecular complexity index is 801. The second kappa shape index (κ2) is 7.51. The molecule has 2 atom stereocenters. The van der Waals surface area contributed by atoms with Crippen LogP contribution in [0.3, 0.4) is 0 Å². The Labute approximate surface area is 159 Å². The van der Waals surface area contributed by atoms with Crippen molar-refractivity contribution in [3.05, 3.63) is 34.4 Å². The highest BCUT2D eigenvalue weighted by molar-refractivity contribution is 9.10. The van der Waals surface area contributed by atoms with Crippen molar-refractivity contribution < 1.29 is 14.6 Å². The smallest absolute Gasteiger partial charge is 0.356 e. The molecule has 1 saturated carbocycles. The number of halogens is 1. The summed E-state index contributed by atoms with van der Waals surface area (Å²) in [6.07, 6.45) is 1.82. The van der Waals surface area contributed by atoms with E-state index in [9.17, 15) is 9.90 Å². The van der Waals surface area contributed by atoms with Crippen molar-refractivity contribution in [1.29, 1.82) is 0 Å². The molecular weight excluding hydrogens is 404 g/mol. The molecule has 2 unspecified atom stereocenters. The third-order valence-electron chi connectivity index (χ3n) is 4.56. The Balaban J connectivity index is 1.91. The number of ether oxygens (including phenoxy) is 1. The number of nitrogens with one attached hydrogen (secondary N) is 1. The molecule has 1 aliphatic carbocycles. The van der Waals surface area contributed by atoms with E-state index in [4.69, 9.17) is 4.74 Å². The van der Waals surface area contributed by atoms with Crippen LogP contribution in [0.1, 0.15) is 30.3 Å². The molecule has 0 aliphatic heterocycles. The molecule has 0 bridgehead atoms. The lowest BCUT2D eigenvalue weighted by atomic mass is 9.79. The molecule has 25 heavy (non-hydrogen) atoms. The summed E-state index contributed by atoms with van der Waals surface area (Å²) in [6, 6.07) is 7.37. The Kier molecular flexibility index (Phi) is 5.55. The summed E-state index contributed by atoms with van der Waals surface area (Å²) in [5.74, 6) is 0.513. The summed E-state index contributed by atoms with van der Waals surface area (Å²) in [6.45, 7) is 2.55. The van der Waals surface area contributed by atoms with Crippen LogP contribution in [-0.2, 0) is 4.74 Å². The molecule has 2 aromatic rings. The van der Waals surface area contributed by atoms with Gasteiger partial charge in [0, 0.05) is 27.3 Å². The molecule has 1 aromatic heterocycles. The fraction of sp³-hybridized carbons (Fsp3) is 0.444. The van der Waals surface area contributed by atoms with Crippen molar-refractivity contribution in [2.75, 3.05) is 24.7 Å². The number of aromatic nitrogens is 1. The van der Waals surface area contributed by atoms with E-state index in [0.29, 0.717) is 12.1 Å². The number of benzene rings is 1. The first-order chi connectivity index (χ1) is 12.0. The van der Waals surface area contributed by atoms with Gasteiger partial charge in [0.25, 0.3) is 0 Å². The van der Waals surface area contributed by atoms with Crippen molar-refractivity contribution in [3.8, 4) is 0 Å². The van der Waals surface area contributed by atoms with E-state index in [1.165, 1.54) is 7.11 Å². The molecule has 7 heteroatoms. The molecule has 0 radical (unpaired) electrons. The topological polar surface area (TPSA) is 71.5 Å². The number of fused-ring (bicyclic) bond motifs is 1. The highest BCUT2D eigenvalue weighted by atomic mass is 79.9. The maximum atomic E-state index is 11.9. The summed E-state index contributed by atoms with van der Waals surface area (Å²) < 4.78 is 5.73. The van der Waals surface area contributed by atoms with Gasteiger partial charge < -0.3 is 15.2 Å². The van der Waals surface area contributed by atoms with Gasteiger partial charge >= 0.3 is 5.97 Å². The van der Waals surface area contributed by atoms with Crippen molar-refractivity contribution in [1.82, 2.24) is 4.98 Å². The normalized spacial score (nSPS) is 22.5. The summed E-state index contributed by atoms with van der Waals surface area (Å²) in [5, 5.41) is 15.3. The van der Waals surface area contributed by atoms with E-state index in [2.05, 4.69) is 33.2 Å². The van der Waals surface area contributed by atoms with Crippen molar-refractivity contribution >= 4 is 50.3 Å². The molecule has 1 aromatic carbocycles. The molecule has 1 aliphatic rings. The van der Waals surface area contributed by atoms with E-state index in [-0.39, 0.29) is 10.9 Å². The highest BCUT2D eigenvalue weighted by Crippen LogP contribution is 2.41. The van der Waals surface area contributed by atoms with Crippen LogP contribution in [0.4, 0.5) is 5.69 Å². The van der Waals surface area contributed by atoms with Gasteiger partial charge in [-0.05, 0) is 42.9 Å². The number of carbonyl (C=O) groups is 1. The van der Waals surface area contributed by atoms with Crippen molar-refractivity contribution in [2.24, 2.45) is 0 Å². The van der Waals surface area contributed by atoms with Crippen LogP contribution in [0.2, 0.25) is 0 Å². The van der Waals surface area contributed by atoms with Gasteiger partial charge in [0.15, 0.2) is 5.69 Å². The highest BCUT2D eigenvalue weighted by Gasteiger charge is 2.45. The zero-order chi connectivity index (χ0) is 18.0. The number of carbonyl (C=O) groups excluding carboxylic acids is 1. The zero-order valence-electron chi connectivity index (χ0n) is 14.2. The molecule has 0 amide bonds. The van der Waals surface area contributed by atoms with Crippen LogP contribution in [0.25, 0.3) is 10.9 Å². The van der Waals surface area contributed by atoms with E-state index >= 15 is 0 Å². The quantitative estimate of drug-likeness (QED) is 0.686. The van der Waals surface area contributed by atoms with E-state index < -0.39 is 11.6 Å². The molecule has 3 rings (SSSR count). The first kappa shape index (κ1) is 18.5. The Morgan fingerprint density at radius 1 is 1.52 bits per heavy atom. The third kappa shape index (κ3) is 3.78. The molecular formula is C18H21BrN2O3S. The minimum atomic E-state index is -0.715. The van der Waals surface area contributed by atoms with E-state index in [0.717, 1.165) is 34.1 Å². The second-order valence-electron chi connectivity index (χ2n) is 6.15. The molecule has 134 valence electrons. The predicted octanol–water partition coefficient (Wildman–Crippen LogP) is 3.84. The largest absolute Gasteiger partial charge is 0.464 e. The minimum Gasteiger partial charge on any atom is -0.464 e. The zero-order valence-corrected chi connectivity index (χ0v) is 16.6. The predicted molar refractivity (Wildman–Crippen MR) is 105 cm³/mol. The maximum Gasteiger partial charge on any atom is 0.356 e. The monoisotopic (exact) mass is 424 g/mol. The average molecular weight is 425 g/mol. The van der Waals surface area contributed by atoms with Crippen LogP contribution in [0.5, 0.6) is 0 Å². The molecule has 5 nitrogen and oxygen atoms in total. The number of esters is 1. The van der Waals surface area contributed by atoms with Gasteiger partial charge in [-0.25, -0.2) is 9.78 Å². The van der Waals surface area contributed by atoms with Crippen LogP contribution in [-0.4, -0.2) is 46.3 Å². The van der Waals surface area contributed by atoms with Gasteiger partial charge in [-0.1, -0.05) is 22.9 Å². The fourth-order valence-electron chi connectivity index (χ4n) is 3.04. The van der Waals surface area contributed by atoms with E-state index in [1.54, 1.807) is 17.8 Å². The number of aliphatic hydroxyl groups is 1. The molecule has 0 spiro atoms. The van der Waals surface area contributed by atoms with Crippen molar-refractivity contribution in [2.45, 2.75) is 30.6 Å². The Hall–Kier alpha value is -1.31. The summed E-state index contributed by atoms with van der Waals surface area (Å²) in [4.78, 5) is 16.3. The van der Waals surface area contributed by atoms with Crippen LogP contribution in [0.15, 0.2) is 28.7 Å². The van der Waals surface area contributed by atoms with Crippen LogP contribution < -0.4 is 5.32 Å². The summed E-state index contributed by atoms with van der Waals surface area (Å²) in [5.41, 5.74) is 1.01. The van der Waals surface area contributed by atoms with Crippen molar-refractivity contribution in [3.63, 3.8) is 0 Å². The lowest BCUT2D eigenvalue weighted by Gasteiger charge is -2.45. The van der Waals surface area contributed by atoms with Gasteiger partial charge in [-0.3, -0.25) is 0 Å². The number of pyridine rings is 1. The summed E-state index contributed by atoms with van der Waals surface area (Å²) in [7, 11) is 1.34. The Morgan fingerprint density at radius 2 is 2.32 bits per heavy atom. The summed E-state index contributed by atoms with van der Waals surface area (Å²) >= 11 is 5.27. The number of methoxy groups -OCH3 is 1. The average Bonchev–Trinajstić information content (AvgIpc) is 2.62. The van der Waals surface area contributed by atoms with Gasteiger partial charge in [0.1, 0.15) is 0 Å². The molecule has 1 heterocycles. The van der Waals surface area contributed by atoms with Crippen LogP contribution >= 0.6 is 27.7 Å². The number of rotatable bonds is 6. The molecule has 2 N–H and O–H groups in total. The number of hydrogen-bond donors (Lipinski definition) is 2. The molecule has 1 fully saturated rings. The number of thioether (sulfide) groups is 1. The van der Waals surface area contributed by atoms with Gasteiger partial charge in [0.05, 0.1) is 18.2 Å². The van der Waals surface area contributed by atoms with Gasteiger partial charge in [-0.15, -0.1) is 0 Å². The second-order valence-corrected chi connectivity index (χ2v) is 8.54.